The Morgan fingerprint density at radius 1 is 1.13 bits per heavy atom. The lowest BCUT2D eigenvalue weighted by molar-refractivity contribution is 0.102. The van der Waals surface area contributed by atoms with E-state index in [1.54, 1.807) is 10.6 Å². The van der Waals surface area contributed by atoms with Crippen molar-refractivity contribution in [1.82, 2.24) is 14.5 Å². The van der Waals surface area contributed by atoms with E-state index in [2.05, 4.69) is 4.98 Å². The Kier molecular flexibility index (Phi) is 5.95. The Labute approximate surface area is 184 Å². The highest BCUT2D eigenvalue weighted by Gasteiger charge is 2.17. The van der Waals surface area contributed by atoms with Gasteiger partial charge < -0.3 is 9.72 Å². The molecular formula is C24H23N3O3S. The predicted octanol–water partition coefficient (Wildman–Crippen LogP) is 4.70. The van der Waals surface area contributed by atoms with Crippen LogP contribution in [-0.2, 0) is 0 Å². The fourth-order valence-electron chi connectivity index (χ4n) is 3.52. The average molecular weight is 434 g/mol. The van der Waals surface area contributed by atoms with Gasteiger partial charge in [-0.25, -0.2) is 4.98 Å². The normalized spacial score (nSPS) is 11.1. The van der Waals surface area contributed by atoms with Crippen LogP contribution in [-0.4, -0.2) is 32.7 Å². The van der Waals surface area contributed by atoms with Crippen LogP contribution in [0.25, 0.3) is 16.6 Å². The van der Waals surface area contributed by atoms with Gasteiger partial charge in [-0.1, -0.05) is 23.9 Å². The summed E-state index contributed by atoms with van der Waals surface area (Å²) in [6.45, 7) is 6.30. The first-order valence-corrected chi connectivity index (χ1v) is 11.0. The van der Waals surface area contributed by atoms with E-state index >= 15 is 0 Å². The SMILES string of the molecule is CCOc1ccc(-n2c(SCC(=O)c3cc(C)[nH]c3C)nc3ccccc3c2=O)cc1. The van der Waals surface area contributed by atoms with Gasteiger partial charge >= 0.3 is 0 Å². The van der Waals surface area contributed by atoms with E-state index in [1.165, 1.54) is 11.8 Å². The molecule has 158 valence electrons. The lowest BCUT2D eigenvalue weighted by atomic mass is 10.2. The molecular weight excluding hydrogens is 410 g/mol. The zero-order valence-electron chi connectivity index (χ0n) is 17.6. The molecule has 0 spiro atoms. The maximum Gasteiger partial charge on any atom is 0.266 e. The summed E-state index contributed by atoms with van der Waals surface area (Å²) in [6, 6.07) is 16.4. The van der Waals surface area contributed by atoms with Crippen LogP contribution >= 0.6 is 11.8 Å². The number of nitrogens with zero attached hydrogens (tertiary/aromatic N) is 2. The third-order valence-corrected chi connectivity index (χ3v) is 5.87. The van der Waals surface area contributed by atoms with Crippen LogP contribution in [0.5, 0.6) is 5.75 Å². The summed E-state index contributed by atoms with van der Waals surface area (Å²) in [5.74, 6) is 0.906. The molecule has 0 unspecified atom stereocenters. The Bertz CT molecular complexity index is 1310. The van der Waals surface area contributed by atoms with E-state index in [4.69, 9.17) is 9.72 Å². The van der Waals surface area contributed by atoms with E-state index in [9.17, 15) is 9.59 Å². The number of rotatable bonds is 7. The monoisotopic (exact) mass is 433 g/mol. The highest BCUT2D eigenvalue weighted by atomic mass is 32.2. The van der Waals surface area contributed by atoms with Gasteiger partial charge in [-0.3, -0.25) is 14.2 Å². The molecule has 0 fully saturated rings. The van der Waals surface area contributed by atoms with Gasteiger partial charge in [-0.15, -0.1) is 0 Å². The fraction of sp³-hybridized carbons (Fsp3) is 0.208. The molecule has 1 N–H and O–H groups in total. The number of ether oxygens (including phenoxy) is 1. The van der Waals surface area contributed by atoms with Crippen LogP contribution in [0.15, 0.2) is 64.5 Å². The number of Topliss-reactive ketones (excluding diaryl/α,β-unsaturated/α-hetero) is 1. The first-order chi connectivity index (χ1) is 15.0. The van der Waals surface area contributed by atoms with E-state index in [0.717, 1.165) is 17.1 Å². The number of nitrogens with one attached hydrogen (secondary N) is 1. The number of para-hydroxylation sites is 1. The van der Waals surface area contributed by atoms with Gasteiger partial charge in [0.1, 0.15) is 5.75 Å². The fourth-order valence-corrected chi connectivity index (χ4v) is 4.41. The summed E-state index contributed by atoms with van der Waals surface area (Å²) in [4.78, 5) is 34.0. The summed E-state index contributed by atoms with van der Waals surface area (Å²) >= 11 is 1.26. The van der Waals surface area contributed by atoms with Gasteiger partial charge in [0.15, 0.2) is 10.9 Å². The molecule has 6 nitrogen and oxygen atoms in total. The summed E-state index contributed by atoms with van der Waals surface area (Å²) in [5.41, 5.74) is 3.58. The maximum atomic E-state index is 13.3. The van der Waals surface area contributed by atoms with Crippen molar-refractivity contribution in [3.05, 3.63) is 81.9 Å². The van der Waals surface area contributed by atoms with Crippen molar-refractivity contribution in [2.45, 2.75) is 25.9 Å². The number of aryl methyl sites for hydroxylation is 2. The van der Waals surface area contributed by atoms with E-state index in [-0.39, 0.29) is 17.1 Å². The van der Waals surface area contributed by atoms with Gasteiger partial charge in [-0.05, 0) is 63.2 Å². The van der Waals surface area contributed by atoms with Crippen molar-refractivity contribution in [2.75, 3.05) is 12.4 Å². The molecule has 2 aromatic heterocycles. The molecule has 0 atom stereocenters. The van der Waals surface area contributed by atoms with Crippen LogP contribution in [0, 0.1) is 13.8 Å². The van der Waals surface area contributed by atoms with Crippen molar-refractivity contribution in [2.24, 2.45) is 0 Å². The number of aromatic nitrogens is 3. The Morgan fingerprint density at radius 3 is 2.55 bits per heavy atom. The second-order valence-corrected chi connectivity index (χ2v) is 8.12. The first kappa shape index (κ1) is 20.9. The van der Waals surface area contributed by atoms with E-state index < -0.39 is 0 Å². The van der Waals surface area contributed by atoms with Crippen molar-refractivity contribution < 1.29 is 9.53 Å². The molecule has 0 amide bonds. The molecule has 0 radical (unpaired) electrons. The summed E-state index contributed by atoms with van der Waals surface area (Å²) in [5, 5.41) is 1.01. The lowest BCUT2D eigenvalue weighted by Crippen LogP contribution is -2.22. The average Bonchev–Trinajstić information content (AvgIpc) is 3.11. The number of carbonyl (C=O) groups excluding carboxylic acids is 1. The Hall–Kier alpha value is -3.32. The van der Waals surface area contributed by atoms with Gasteiger partial charge in [0, 0.05) is 17.0 Å². The highest BCUT2D eigenvalue weighted by molar-refractivity contribution is 7.99. The maximum absolute atomic E-state index is 13.3. The number of ketones is 1. The van der Waals surface area contributed by atoms with Crippen LogP contribution < -0.4 is 10.3 Å². The first-order valence-electron chi connectivity index (χ1n) is 10.0. The molecule has 2 aromatic carbocycles. The van der Waals surface area contributed by atoms with Gasteiger partial charge in [0.2, 0.25) is 0 Å². The van der Waals surface area contributed by atoms with Crippen LogP contribution in [0.1, 0.15) is 28.7 Å². The molecule has 0 aliphatic heterocycles. The number of H-pyrrole nitrogens is 1. The van der Waals surface area contributed by atoms with E-state index in [1.807, 2.05) is 69.3 Å². The standard InChI is InChI=1S/C24H23N3O3S/c1-4-30-18-11-9-17(10-12-18)27-23(29)19-7-5-6-8-21(19)26-24(27)31-14-22(28)20-13-15(2)25-16(20)3/h5-13,25H,4,14H2,1-3H3. The molecule has 7 heteroatoms. The third kappa shape index (κ3) is 4.27. The number of aromatic amines is 1. The number of hydrogen-bond acceptors (Lipinski definition) is 5. The highest BCUT2D eigenvalue weighted by Crippen LogP contribution is 2.24. The molecule has 4 aromatic rings. The molecule has 0 saturated heterocycles. The largest absolute Gasteiger partial charge is 0.494 e. The number of hydrogen-bond donors (Lipinski definition) is 1. The smallest absolute Gasteiger partial charge is 0.266 e. The second kappa shape index (κ2) is 8.81. The minimum absolute atomic E-state index is 0.00694. The minimum Gasteiger partial charge on any atom is -0.494 e. The molecule has 0 saturated carbocycles. The summed E-state index contributed by atoms with van der Waals surface area (Å²) in [6.07, 6.45) is 0. The lowest BCUT2D eigenvalue weighted by Gasteiger charge is -2.13. The quantitative estimate of drug-likeness (QED) is 0.260. The van der Waals surface area contributed by atoms with Gasteiger partial charge in [0.25, 0.3) is 5.56 Å². The third-order valence-electron chi connectivity index (χ3n) is 4.93. The van der Waals surface area contributed by atoms with Gasteiger partial charge in [-0.2, -0.15) is 0 Å². The van der Waals surface area contributed by atoms with Crippen LogP contribution in [0.3, 0.4) is 0 Å². The molecule has 0 aliphatic rings. The number of benzene rings is 2. The summed E-state index contributed by atoms with van der Waals surface area (Å²) in [7, 11) is 0. The van der Waals surface area contributed by atoms with Crippen molar-refractivity contribution >= 4 is 28.4 Å². The minimum atomic E-state index is -0.168. The molecule has 31 heavy (non-hydrogen) atoms. The zero-order valence-corrected chi connectivity index (χ0v) is 18.5. The van der Waals surface area contributed by atoms with Crippen molar-refractivity contribution in [3.8, 4) is 11.4 Å². The van der Waals surface area contributed by atoms with Crippen molar-refractivity contribution in [3.63, 3.8) is 0 Å². The molecule has 0 bridgehead atoms. The zero-order chi connectivity index (χ0) is 22.0. The number of thioether (sulfide) groups is 1. The van der Waals surface area contributed by atoms with E-state index in [0.29, 0.717) is 33.9 Å². The van der Waals surface area contributed by atoms with Crippen LogP contribution in [0.4, 0.5) is 0 Å². The topological polar surface area (TPSA) is 77.0 Å². The number of fused-ring (bicyclic) bond motifs is 1. The summed E-state index contributed by atoms with van der Waals surface area (Å²) < 4.78 is 7.07. The Morgan fingerprint density at radius 2 is 1.87 bits per heavy atom. The van der Waals surface area contributed by atoms with Crippen LogP contribution in [0.2, 0.25) is 0 Å². The predicted molar refractivity (Wildman–Crippen MR) is 124 cm³/mol. The molecule has 4 rings (SSSR count). The van der Waals surface area contributed by atoms with Crippen molar-refractivity contribution in [1.29, 1.82) is 0 Å². The number of carbonyl (C=O) groups is 1. The molecule has 2 heterocycles. The Balaban J connectivity index is 1.74. The van der Waals surface area contributed by atoms with Gasteiger partial charge in [0.05, 0.1) is 29.0 Å². The molecule has 0 aliphatic carbocycles. The second-order valence-electron chi connectivity index (χ2n) is 7.18.